The highest BCUT2D eigenvalue weighted by molar-refractivity contribution is 7.98. The van der Waals surface area contributed by atoms with E-state index in [4.69, 9.17) is 5.73 Å². The van der Waals surface area contributed by atoms with Gasteiger partial charge in [0, 0.05) is 31.0 Å². The summed E-state index contributed by atoms with van der Waals surface area (Å²) in [5.41, 5.74) is 6.52. The van der Waals surface area contributed by atoms with E-state index in [0.29, 0.717) is 11.4 Å². The lowest BCUT2D eigenvalue weighted by atomic mass is 10.3. The van der Waals surface area contributed by atoms with E-state index in [1.807, 2.05) is 17.7 Å². The summed E-state index contributed by atoms with van der Waals surface area (Å²) in [6, 6.07) is 1.60. The lowest BCUT2D eigenvalue weighted by molar-refractivity contribution is 0.556. The maximum absolute atomic E-state index is 12.3. The van der Waals surface area contributed by atoms with Gasteiger partial charge in [-0.15, -0.1) is 0 Å². The van der Waals surface area contributed by atoms with Crippen LogP contribution in [0, 0.1) is 0 Å². The maximum Gasteiger partial charge on any atom is 0.242 e. The van der Waals surface area contributed by atoms with Crippen molar-refractivity contribution in [3.63, 3.8) is 0 Å². The molecule has 3 N–H and O–H groups in total. The van der Waals surface area contributed by atoms with Crippen molar-refractivity contribution in [2.24, 2.45) is 5.73 Å². The van der Waals surface area contributed by atoms with Crippen molar-refractivity contribution >= 4 is 21.8 Å². The van der Waals surface area contributed by atoms with Crippen molar-refractivity contribution < 1.29 is 8.42 Å². The summed E-state index contributed by atoms with van der Waals surface area (Å²) >= 11 is 1.71. The van der Waals surface area contributed by atoms with E-state index in [0.717, 1.165) is 30.8 Å². The number of nitrogens with zero attached hydrogens (tertiary/aromatic N) is 1. The molecular formula is C13H25N3O2S2. The molecule has 7 heteroatoms. The zero-order chi connectivity index (χ0) is 15.2. The van der Waals surface area contributed by atoms with Crippen molar-refractivity contribution in [2.75, 3.05) is 12.0 Å². The van der Waals surface area contributed by atoms with Gasteiger partial charge >= 0.3 is 0 Å². The molecule has 1 heterocycles. The third-order valence-corrected chi connectivity index (χ3v) is 5.26. The molecule has 0 aliphatic rings. The molecule has 1 aromatic rings. The average Bonchev–Trinajstić information content (AvgIpc) is 2.80. The smallest absolute Gasteiger partial charge is 0.242 e. The number of aromatic nitrogens is 1. The summed E-state index contributed by atoms with van der Waals surface area (Å²) in [6.45, 7) is 5.07. The van der Waals surface area contributed by atoms with Gasteiger partial charge in [-0.2, -0.15) is 11.8 Å². The van der Waals surface area contributed by atoms with Gasteiger partial charge in [-0.05, 0) is 37.8 Å². The van der Waals surface area contributed by atoms with E-state index in [-0.39, 0.29) is 6.04 Å². The van der Waals surface area contributed by atoms with Crippen LogP contribution in [0.5, 0.6) is 0 Å². The van der Waals surface area contributed by atoms with Gasteiger partial charge in [0.25, 0.3) is 0 Å². The molecule has 0 aliphatic heterocycles. The summed E-state index contributed by atoms with van der Waals surface area (Å²) in [7, 11) is -3.46. The zero-order valence-electron chi connectivity index (χ0n) is 12.4. The SMILES string of the molecule is CCCn1cc(S(=O)(=O)NC(C)CCSC)cc1CN. The van der Waals surface area contributed by atoms with Crippen LogP contribution in [0.25, 0.3) is 0 Å². The molecule has 1 rings (SSSR count). The summed E-state index contributed by atoms with van der Waals surface area (Å²) in [5, 5.41) is 0. The van der Waals surface area contributed by atoms with Gasteiger partial charge in [0.05, 0.1) is 4.90 Å². The van der Waals surface area contributed by atoms with E-state index in [1.165, 1.54) is 0 Å². The topological polar surface area (TPSA) is 77.1 Å². The van der Waals surface area contributed by atoms with Gasteiger partial charge in [0.15, 0.2) is 0 Å². The van der Waals surface area contributed by atoms with Gasteiger partial charge < -0.3 is 10.3 Å². The fraction of sp³-hybridized carbons (Fsp3) is 0.692. The highest BCUT2D eigenvalue weighted by atomic mass is 32.2. The molecule has 0 fully saturated rings. The average molecular weight is 319 g/mol. The molecule has 0 bridgehead atoms. The minimum atomic E-state index is -3.46. The monoisotopic (exact) mass is 319 g/mol. The maximum atomic E-state index is 12.3. The van der Waals surface area contributed by atoms with Gasteiger partial charge in [0.2, 0.25) is 10.0 Å². The Bertz CT molecular complexity index is 512. The number of thioether (sulfide) groups is 1. The molecule has 1 aromatic heterocycles. The minimum absolute atomic E-state index is 0.0664. The van der Waals surface area contributed by atoms with E-state index >= 15 is 0 Å². The van der Waals surface area contributed by atoms with Crippen molar-refractivity contribution in [1.82, 2.24) is 9.29 Å². The molecule has 0 aromatic carbocycles. The molecule has 1 unspecified atom stereocenters. The van der Waals surface area contributed by atoms with Crippen LogP contribution in [0.3, 0.4) is 0 Å². The minimum Gasteiger partial charge on any atom is -0.349 e. The Morgan fingerprint density at radius 2 is 2.20 bits per heavy atom. The van der Waals surface area contributed by atoms with Crippen LogP contribution in [0.15, 0.2) is 17.2 Å². The van der Waals surface area contributed by atoms with Crippen LogP contribution in [0.1, 0.15) is 32.4 Å². The van der Waals surface area contributed by atoms with Gasteiger partial charge in [-0.3, -0.25) is 0 Å². The number of nitrogens with two attached hydrogens (primary N) is 1. The molecule has 20 heavy (non-hydrogen) atoms. The number of hydrogen-bond donors (Lipinski definition) is 2. The van der Waals surface area contributed by atoms with Crippen LogP contribution < -0.4 is 10.5 Å². The van der Waals surface area contributed by atoms with Crippen LogP contribution >= 0.6 is 11.8 Å². The Balaban J connectivity index is 2.86. The first-order valence-electron chi connectivity index (χ1n) is 6.85. The lowest BCUT2D eigenvalue weighted by Crippen LogP contribution is -2.32. The first kappa shape index (κ1) is 17.6. The first-order chi connectivity index (χ1) is 9.44. The van der Waals surface area contributed by atoms with E-state index < -0.39 is 10.0 Å². The number of hydrogen-bond acceptors (Lipinski definition) is 4. The molecule has 0 radical (unpaired) electrons. The van der Waals surface area contributed by atoms with Crippen molar-refractivity contribution in [2.45, 2.75) is 50.7 Å². The van der Waals surface area contributed by atoms with Crippen molar-refractivity contribution in [1.29, 1.82) is 0 Å². The summed E-state index contributed by atoms with van der Waals surface area (Å²) in [4.78, 5) is 0.308. The second-order valence-corrected chi connectivity index (χ2v) is 7.57. The third kappa shape index (κ3) is 4.80. The predicted molar refractivity (Wildman–Crippen MR) is 85.4 cm³/mol. The molecule has 5 nitrogen and oxygen atoms in total. The Morgan fingerprint density at radius 1 is 1.50 bits per heavy atom. The summed E-state index contributed by atoms with van der Waals surface area (Å²) < 4.78 is 29.3. The molecule has 1 atom stereocenters. The van der Waals surface area contributed by atoms with Gasteiger partial charge in [0.1, 0.15) is 0 Å². The molecule has 0 spiro atoms. The molecular weight excluding hydrogens is 294 g/mol. The van der Waals surface area contributed by atoms with Gasteiger partial charge in [-0.25, -0.2) is 13.1 Å². The van der Waals surface area contributed by atoms with E-state index in [1.54, 1.807) is 24.0 Å². The number of sulfonamides is 1. The molecule has 0 saturated carbocycles. The van der Waals surface area contributed by atoms with E-state index in [9.17, 15) is 8.42 Å². The van der Waals surface area contributed by atoms with Crippen molar-refractivity contribution in [3.05, 3.63) is 18.0 Å². The fourth-order valence-corrected chi connectivity index (χ4v) is 3.91. The lowest BCUT2D eigenvalue weighted by Gasteiger charge is -2.12. The Kier molecular flexibility index (Phi) is 7.08. The second-order valence-electron chi connectivity index (χ2n) is 4.87. The second kappa shape index (κ2) is 8.07. The highest BCUT2D eigenvalue weighted by Gasteiger charge is 2.20. The number of nitrogens with one attached hydrogen (secondary N) is 1. The Labute approximate surface area is 126 Å². The number of aryl methyl sites for hydroxylation is 1. The largest absolute Gasteiger partial charge is 0.349 e. The summed E-state index contributed by atoms with van der Waals surface area (Å²) in [6.07, 6.45) is 5.45. The van der Waals surface area contributed by atoms with Gasteiger partial charge in [-0.1, -0.05) is 6.92 Å². The molecule has 0 amide bonds. The van der Waals surface area contributed by atoms with Crippen LogP contribution in [-0.4, -0.2) is 31.0 Å². The normalized spacial score (nSPS) is 13.6. The highest BCUT2D eigenvalue weighted by Crippen LogP contribution is 2.16. The van der Waals surface area contributed by atoms with E-state index in [2.05, 4.69) is 11.6 Å². The first-order valence-corrected chi connectivity index (χ1v) is 9.72. The molecule has 0 aliphatic carbocycles. The Hall–Kier alpha value is -0.500. The van der Waals surface area contributed by atoms with Crippen molar-refractivity contribution in [3.8, 4) is 0 Å². The molecule has 116 valence electrons. The summed E-state index contributed by atoms with van der Waals surface area (Å²) in [5.74, 6) is 0.939. The van der Waals surface area contributed by atoms with Crippen LogP contribution in [0.2, 0.25) is 0 Å². The van der Waals surface area contributed by atoms with Crippen LogP contribution in [0.4, 0.5) is 0 Å². The molecule has 0 saturated heterocycles. The van der Waals surface area contributed by atoms with Crippen LogP contribution in [-0.2, 0) is 23.1 Å². The number of rotatable bonds is 9. The quantitative estimate of drug-likeness (QED) is 0.727. The predicted octanol–water partition coefficient (Wildman–Crippen LogP) is 1.78. The standard InChI is InChI=1S/C13H25N3O2S2/c1-4-6-16-10-13(8-12(16)9-14)20(17,18)15-11(2)5-7-19-3/h8,10-11,15H,4-7,9,14H2,1-3H3. The zero-order valence-corrected chi connectivity index (χ0v) is 14.1. The Morgan fingerprint density at radius 3 is 2.75 bits per heavy atom. The third-order valence-electron chi connectivity index (χ3n) is 3.06. The fourth-order valence-electron chi connectivity index (χ4n) is 1.98.